The Kier molecular flexibility index (Phi) is 6.67. The second-order valence-corrected chi connectivity index (χ2v) is 6.16. The first-order valence-electron chi connectivity index (χ1n) is 6.19. The average molecular weight is 294 g/mol. The molecule has 2 N–H and O–H groups in total. The van der Waals surface area contributed by atoms with E-state index in [9.17, 15) is 8.42 Å². The molecule has 18 heavy (non-hydrogen) atoms. The van der Waals surface area contributed by atoms with Gasteiger partial charge >= 0.3 is 0 Å². The van der Waals surface area contributed by atoms with Crippen molar-refractivity contribution in [2.75, 3.05) is 12.4 Å². The number of imidazole rings is 1. The van der Waals surface area contributed by atoms with Gasteiger partial charge in [-0.25, -0.2) is 18.1 Å². The van der Waals surface area contributed by atoms with Crippen LogP contribution in [0.25, 0.3) is 0 Å². The molecular weight excluding hydrogens is 274 g/mol. The fourth-order valence-corrected chi connectivity index (χ4v) is 2.72. The van der Waals surface area contributed by atoms with Gasteiger partial charge in [-0.05, 0) is 12.8 Å². The summed E-state index contributed by atoms with van der Waals surface area (Å²) in [6.07, 6.45) is 5.87. The number of nitrogens with zero attached hydrogens (tertiary/aromatic N) is 1. The topological polar surface area (TPSA) is 74.8 Å². The van der Waals surface area contributed by atoms with Crippen molar-refractivity contribution in [3.8, 4) is 0 Å². The molecule has 1 rings (SSSR count). The summed E-state index contributed by atoms with van der Waals surface area (Å²) in [5.74, 6) is 1.34. The van der Waals surface area contributed by atoms with Crippen LogP contribution in [-0.2, 0) is 16.4 Å². The predicted octanol–water partition coefficient (Wildman–Crippen LogP) is 2.05. The number of hydrogen-bond donors (Lipinski definition) is 2. The summed E-state index contributed by atoms with van der Waals surface area (Å²) in [6.45, 7) is 2.37. The molecule has 0 radical (unpaired) electrons. The number of hydrogen-bond acceptors (Lipinski definition) is 3. The fourth-order valence-electron chi connectivity index (χ4n) is 1.52. The first kappa shape index (κ1) is 15.5. The number of nitrogens with one attached hydrogen (secondary N) is 2. The maximum absolute atomic E-state index is 11.8. The molecule has 0 aliphatic heterocycles. The minimum atomic E-state index is -3.44. The Morgan fingerprint density at radius 1 is 1.33 bits per heavy atom. The monoisotopic (exact) mass is 293 g/mol. The normalized spacial score (nSPS) is 11.9. The van der Waals surface area contributed by atoms with Crippen LogP contribution in [-0.4, -0.2) is 30.8 Å². The number of halogens is 1. The molecule has 1 heterocycles. The van der Waals surface area contributed by atoms with Crippen LogP contribution in [0.15, 0.2) is 11.2 Å². The van der Waals surface area contributed by atoms with Crippen molar-refractivity contribution in [2.24, 2.45) is 0 Å². The zero-order valence-corrected chi connectivity index (χ0v) is 12.1. The van der Waals surface area contributed by atoms with E-state index >= 15 is 0 Å². The fraction of sp³-hybridized carbons (Fsp3) is 0.727. The van der Waals surface area contributed by atoms with Crippen LogP contribution in [0.1, 0.15) is 38.4 Å². The number of H-pyrrole nitrogens is 1. The number of unbranched alkanes of at least 4 members (excludes halogenated alkanes) is 3. The lowest BCUT2D eigenvalue weighted by atomic mass is 10.2. The van der Waals surface area contributed by atoms with Gasteiger partial charge in [0.25, 0.3) is 10.0 Å². The van der Waals surface area contributed by atoms with E-state index in [1.807, 2.05) is 6.92 Å². The number of sulfonamides is 1. The molecule has 0 bridgehead atoms. The molecule has 0 fully saturated rings. The Hall–Kier alpha value is -0.590. The zero-order valence-electron chi connectivity index (χ0n) is 10.6. The van der Waals surface area contributed by atoms with Crippen LogP contribution in [0.5, 0.6) is 0 Å². The largest absolute Gasteiger partial charge is 0.332 e. The van der Waals surface area contributed by atoms with Crippen molar-refractivity contribution < 1.29 is 8.42 Å². The molecule has 0 aliphatic carbocycles. The third kappa shape index (κ3) is 4.96. The highest BCUT2D eigenvalue weighted by Crippen LogP contribution is 2.06. The van der Waals surface area contributed by atoms with Gasteiger partial charge in [-0.3, -0.25) is 0 Å². The van der Waals surface area contributed by atoms with E-state index in [1.165, 1.54) is 6.20 Å². The van der Waals surface area contributed by atoms with Gasteiger partial charge in [0.15, 0.2) is 5.03 Å². The molecule has 5 nitrogen and oxygen atoms in total. The van der Waals surface area contributed by atoms with Crippen molar-refractivity contribution >= 4 is 21.6 Å². The second-order valence-electron chi connectivity index (χ2n) is 4.05. The quantitative estimate of drug-likeness (QED) is 0.540. The highest BCUT2D eigenvalue weighted by atomic mass is 35.5. The lowest BCUT2D eigenvalue weighted by Crippen LogP contribution is -2.25. The maximum atomic E-state index is 11.8. The minimum Gasteiger partial charge on any atom is -0.332 e. The molecule has 0 saturated carbocycles. The Morgan fingerprint density at radius 3 is 2.67 bits per heavy atom. The van der Waals surface area contributed by atoms with E-state index in [2.05, 4.69) is 14.7 Å². The van der Waals surface area contributed by atoms with Crippen molar-refractivity contribution in [1.82, 2.24) is 14.7 Å². The van der Waals surface area contributed by atoms with Crippen molar-refractivity contribution in [2.45, 2.75) is 44.1 Å². The van der Waals surface area contributed by atoms with Crippen LogP contribution in [0.4, 0.5) is 0 Å². The molecule has 0 spiro atoms. The van der Waals surface area contributed by atoms with E-state index in [0.29, 0.717) is 24.7 Å². The number of aromatic nitrogens is 2. The molecule has 0 unspecified atom stereocenters. The third-order valence-corrected chi connectivity index (χ3v) is 4.22. The third-order valence-electron chi connectivity index (χ3n) is 2.58. The van der Waals surface area contributed by atoms with Crippen molar-refractivity contribution in [3.63, 3.8) is 0 Å². The molecule has 0 atom stereocenters. The van der Waals surface area contributed by atoms with Crippen LogP contribution < -0.4 is 4.72 Å². The Morgan fingerprint density at radius 2 is 2.06 bits per heavy atom. The summed E-state index contributed by atoms with van der Waals surface area (Å²) in [6, 6.07) is 0. The van der Waals surface area contributed by atoms with E-state index < -0.39 is 10.0 Å². The van der Waals surface area contributed by atoms with Gasteiger partial charge in [0.2, 0.25) is 0 Å². The summed E-state index contributed by atoms with van der Waals surface area (Å²) in [4.78, 5) is 6.77. The van der Waals surface area contributed by atoms with Gasteiger partial charge < -0.3 is 4.98 Å². The maximum Gasteiger partial charge on any atom is 0.257 e. The Labute approximate surface area is 113 Å². The highest BCUT2D eigenvalue weighted by Gasteiger charge is 2.15. The van der Waals surface area contributed by atoms with Gasteiger partial charge in [0.05, 0.1) is 6.20 Å². The molecule has 1 aromatic heterocycles. The molecular formula is C11H20ClN3O2S. The van der Waals surface area contributed by atoms with Crippen molar-refractivity contribution in [3.05, 3.63) is 12.0 Å². The Balaban J connectivity index is 2.36. The molecule has 1 aromatic rings. The van der Waals surface area contributed by atoms with Crippen LogP contribution >= 0.6 is 11.6 Å². The zero-order chi connectivity index (χ0) is 13.4. The smallest absolute Gasteiger partial charge is 0.257 e. The molecule has 0 aliphatic rings. The molecule has 0 aromatic carbocycles. The van der Waals surface area contributed by atoms with Gasteiger partial charge in [0.1, 0.15) is 5.82 Å². The highest BCUT2D eigenvalue weighted by molar-refractivity contribution is 7.89. The number of alkyl halides is 1. The number of aromatic amines is 1. The van der Waals surface area contributed by atoms with Gasteiger partial charge in [-0.2, -0.15) is 0 Å². The van der Waals surface area contributed by atoms with E-state index in [1.54, 1.807) is 0 Å². The summed E-state index contributed by atoms with van der Waals surface area (Å²) in [5.41, 5.74) is 0. The van der Waals surface area contributed by atoms with Crippen molar-refractivity contribution in [1.29, 1.82) is 0 Å². The van der Waals surface area contributed by atoms with E-state index in [-0.39, 0.29) is 5.03 Å². The van der Waals surface area contributed by atoms with Gasteiger partial charge in [-0.1, -0.05) is 19.8 Å². The summed E-state index contributed by atoms with van der Waals surface area (Å²) in [5, 5.41) is 0.139. The first-order chi connectivity index (χ1) is 8.60. The average Bonchev–Trinajstić information content (AvgIpc) is 2.83. The first-order valence-corrected chi connectivity index (χ1v) is 8.21. The molecule has 0 saturated heterocycles. The molecule has 104 valence electrons. The standard InChI is InChI=1S/C11H20ClN3O2S/c1-2-10-13-9-11(15-10)18(16,17)14-8-6-4-3-5-7-12/h9,14H,2-8H2,1H3,(H,13,15). The van der Waals surface area contributed by atoms with Crippen LogP contribution in [0.3, 0.4) is 0 Å². The van der Waals surface area contributed by atoms with E-state index in [0.717, 1.165) is 25.7 Å². The molecule has 0 amide bonds. The summed E-state index contributed by atoms with van der Waals surface area (Å²) in [7, 11) is -3.44. The number of aryl methyl sites for hydroxylation is 1. The second kappa shape index (κ2) is 7.76. The molecule has 7 heteroatoms. The number of rotatable bonds is 9. The van der Waals surface area contributed by atoms with Gasteiger partial charge in [0, 0.05) is 18.8 Å². The predicted molar refractivity (Wildman–Crippen MR) is 72.3 cm³/mol. The Bertz CT molecular complexity index is 445. The van der Waals surface area contributed by atoms with Crippen LogP contribution in [0, 0.1) is 0 Å². The lowest BCUT2D eigenvalue weighted by molar-refractivity contribution is 0.570. The van der Waals surface area contributed by atoms with Crippen LogP contribution in [0.2, 0.25) is 0 Å². The van der Waals surface area contributed by atoms with E-state index in [4.69, 9.17) is 11.6 Å². The van der Waals surface area contributed by atoms with Gasteiger partial charge in [-0.15, -0.1) is 11.6 Å². The lowest BCUT2D eigenvalue weighted by Gasteiger charge is -2.04. The summed E-state index contributed by atoms with van der Waals surface area (Å²) < 4.78 is 26.3. The SMILES string of the molecule is CCc1ncc(S(=O)(=O)NCCCCCCCl)[nH]1. The minimum absolute atomic E-state index is 0.139. The summed E-state index contributed by atoms with van der Waals surface area (Å²) >= 11 is 5.56.